The normalized spacial score (nSPS) is 11.0. The maximum atomic E-state index is 12.1. The van der Waals surface area contributed by atoms with E-state index in [-0.39, 0.29) is 11.4 Å². The molecule has 0 saturated heterocycles. The number of ether oxygens (including phenoxy) is 1. The van der Waals surface area contributed by atoms with Gasteiger partial charge in [-0.25, -0.2) is 4.79 Å². The van der Waals surface area contributed by atoms with Crippen LogP contribution in [-0.4, -0.2) is 19.2 Å². The van der Waals surface area contributed by atoms with Crippen molar-refractivity contribution in [1.29, 1.82) is 0 Å². The molecular weight excluding hydrogens is 312 g/mol. The predicted molar refractivity (Wildman–Crippen MR) is 103 cm³/mol. The highest BCUT2D eigenvalue weighted by Gasteiger charge is 2.18. The lowest BCUT2D eigenvalue weighted by Gasteiger charge is -2.23. The van der Waals surface area contributed by atoms with Crippen molar-refractivity contribution < 1.29 is 9.53 Å². The molecule has 0 atom stereocenters. The van der Waals surface area contributed by atoms with E-state index in [1.165, 1.54) is 0 Å². The topological polar surface area (TPSA) is 50.4 Å². The molecule has 0 bridgehead atoms. The van der Waals surface area contributed by atoms with Crippen LogP contribution in [-0.2, 0) is 5.41 Å². The molecule has 0 heterocycles. The van der Waals surface area contributed by atoms with Gasteiger partial charge in [0.2, 0.25) is 0 Å². The minimum atomic E-state index is -0.187. The Morgan fingerprint density at radius 2 is 1.72 bits per heavy atom. The standard InChI is InChI=1S/C21H28N2O2/c1-16-10-5-8-13-19(16)25-15-9-14-22-20(24)23-18-12-7-6-11-17(18)21(2,3)4/h5-8,10-13H,9,14-15H2,1-4H3,(H2,22,23,24). The van der Waals surface area contributed by atoms with Gasteiger partial charge in [-0.2, -0.15) is 0 Å². The van der Waals surface area contributed by atoms with Gasteiger partial charge in [-0.1, -0.05) is 57.2 Å². The molecule has 0 unspecified atom stereocenters. The number of hydrogen-bond acceptors (Lipinski definition) is 2. The second-order valence-electron chi connectivity index (χ2n) is 7.14. The van der Waals surface area contributed by atoms with Crippen molar-refractivity contribution in [2.45, 2.75) is 39.5 Å². The number of para-hydroxylation sites is 2. The molecule has 0 aliphatic heterocycles. The van der Waals surface area contributed by atoms with Crippen molar-refractivity contribution in [3.8, 4) is 5.75 Å². The number of rotatable bonds is 6. The van der Waals surface area contributed by atoms with E-state index in [4.69, 9.17) is 4.74 Å². The molecule has 0 aliphatic rings. The Bertz CT molecular complexity index is 705. The molecule has 2 aromatic rings. The first-order valence-corrected chi connectivity index (χ1v) is 8.71. The summed E-state index contributed by atoms with van der Waals surface area (Å²) in [6.45, 7) is 9.56. The van der Waals surface area contributed by atoms with Crippen molar-refractivity contribution in [2.24, 2.45) is 0 Å². The smallest absolute Gasteiger partial charge is 0.319 e. The molecule has 4 nitrogen and oxygen atoms in total. The summed E-state index contributed by atoms with van der Waals surface area (Å²) < 4.78 is 5.73. The number of amides is 2. The summed E-state index contributed by atoms with van der Waals surface area (Å²) in [5.74, 6) is 0.894. The Morgan fingerprint density at radius 1 is 1.04 bits per heavy atom. The van der Waals surface area contributed by atoms with E-state index in [0.717, 1.165) is 29.0 Å². The molecule has 0 fully saturated rings. The third kappa shape index (κ3) is 5.82. The Labute approximate surface area is 150 Å². The van der Waals surface area contributed by atoms with E-state index < -0.39 is 0 Å². The highest BCUT2D eigenvalue weighted by Crippen LogP contribution is 2.29. The number of carbonyl (C=O) groups is 1. The third-order valence-corrected chi connectivity index (χ3v) is 3.94. The number of urea groups is 1. The SMILES string of the molecule is Cc1ccccc1OCCCNC(=O)Nc1ccccc1C(C)(C)C. The first kappa shape index (κ1) is 18.8. The quantitative estimate of drug-likeness (QED) is 0.736. The van der Waals surface area contributed by atoms with Gasteiger partial charge in [-0.05, 0) is 42.0 Å². The van der Waals surface area contributed by atoms with Crippen LogP contribution < -0.4 is 15.4 Å². The van der Waals surface area contributed by atoms with Crippen molar-refractivity contribution in [3.63, 3.8) is 0 Å². The van der Waals surface area contributed by atoms with Crippen LogP contribution in [0.3, 0.4) is 0 Å². The number of aryl methyl sites for hydroxylation is 1. The van der Waals surface area contributed by atoms with Crippen LogP contribution in [0.15, 0.2) is 48.5 Å². The zero-order valence-electron chi connectivity index (χ0n) is 15.6. The van der Waals surface area contributed by atoms with Gasteiger partial charge < -0.3 is 15.4 Å². The van der Waals surface area contributed by atoms with Crippen molar-refractivity contribution in [1.82, 2.24) is 5.32 Å². The van der Waals surface area contributed by atoms with Crippen LogP contribution in [0.4, 0.5) is 10.5 Å². The molecule has 0 radical (unpaired) electrons. The van der Waals surface area contributed by atoms with Crippen LogP contribution in [0.1, 0.15) is 38.3 Å². The number of nitrogens with one attached hydrogen (secondary N) is 2. The fraction of sp³-hybridized carbons (Fsp3) is 0.381. The predicted octanol–water partition coefficient (Wildman–Crippen LogP) is 4.88. The first-order chi connectivity index (χ1) is 11.9. The van der Waals surface area contributed by atoms with E-state index in [1.54, 1.807) is 0 Å². The lowest BCUT2D eigenvalue weighted by Crippen LogP contribution is -2.31. The first-order valence-electron chi connectivity index (χ1n) is 8.71. The maximum Gasteiger partial charge on any atom is 0.319 e. The van der Waals surface area contributed by atoms with Gasteiger partial charge >= 0.3 is 6.03 Å². The van der Waals surface area contributed by atoms with Crippen LogP contribution in [0.2, 0.25) is 0 Å². The molecular formula is C21H28N2O2. The maximum absolute atomic E-state index is 12.1. The Morgan fingerprint density at radius 3 is 2.44 bits per heavy atom. The Balaban J connectivity index is 1.76. The molecule has 4 heteroatoms. The molecule has 2 aromatic carbocycles. The molecule has 0 aromatic heterocycles. The summed E-state index contributed by atoms with van der Waals surface area (Å²) >= 11 is 0. The molecule has 0 spiro atoms. The average Bonchev–Trinajstić information content (AvgIpc) is 2.55. The second-order valence-corrected chi connectivity index (χ2v) is 7.14. The van der Waals surface area contributed by atoms with Crippen molar-refractivity contribution in [3.05, 3.63) is 59.7 Å². The van der Waals surface area contributed by atoms with Crippen molar-refractivity contribution in [2.75, 3.05) is 18.5 Å². The summed E-state index contributed by atoms with van der Waals surface area (Å²) in [5.41, 5.74) is 3.06. The van der Waals surface area contributed by atoms with E-state index in [9.17, 15) is 4.79 Å². The second kappa shape index (κ2) is 8.56. The molecule has 2 N–H and O–H groups in total. The summed E-state index contributed by atoms with van der Waals surface area (Å²) in [7, 11) is 0. The summed E-state index contributed by atoms with van der Waals surface area (Å²) in [6, 6.07) is 15.6. The number of anilines is 1. The number of benzene rings is 2. The van der Waals surface area contributed by atoms with Gasteiger partial charge in [0.15, 0.2) is 0 Å². The van der Waals surface area contributed by atoms with Crippen LogP contribution in [0, 0.1) is 6.92 Å². The summed E-state index contributed by atoms with van der Waals surface area (Å²) in [6.07, 6.45) is 0.753. The molecule has 0 aliphatic carbocycles. The third-order valence-electron chi connectivity index (χ3n) is 3.94. The lowest BCUT2D eigenvalue weighted by molar-refractivity contribution is 0.250. The molecule has 134 valence electrons. The average molecular weight is 340 g/mol. The highest BCUT2D eigenvalue weighted by atomic mass is 16.5. The zero-order chi connectivity index (χ0) is 18.3. The molecule has 2 amide bonds. The van der Waals surface area contributed by atoms with Gasteiger partial charge in [-0.3, -0.25) is 0 Å². The fourth-order valence-corrected chi connectivity index (χ4v) is 2.59. The van der Waals surface area contributed by atoms with Gasteiger partial charge in [-0.15, -0.1) is 0 Å². The van der Waals surface area contributed by atoms with Gasteiger partial charge in [0, 0.05) is 12.2 Å². The van der Waals surface area contributed by atoms with Gasteiger partial charge in [0.1, 0.15) is 5.75 Å². The molecule has 0 saturated carbocycles. The van der Waals surface area contributed by atoms with Crippen LogP contribution in [0.5, 0.6) is 5.75 Å². The zero-order valence-corrected chi connectivity index (χ0v) is 15.6. The molecule has 2 rings (SSSR count). The summed E-state index contributed by atoms with van der Waals surface area (Å²) in [5, 5.41) is 5.82. The van der Waals surface area contributed by atoms with E-state index in [2.05, 4.69) is 31.4 Å². The van der Waals surface area contributed by atoms with E-state index in [1.807, 2.05) is 55.5 Å². The lowest BCUT2D eigenvalue weighted by atomic mass is 9.86. The van der Waals surface area contributed by atoms with Crippen molar-refractivity contribution >= 4 is 11.7 Å². The number of hydrogen-bond donors (Lipinski definition) is 2. The monoisotopic (exact) mass is 340 g/mol. The van der Waals surface area contributed by atoms with Gasteiger partial charge in [0.05, 0.1) is 6.61 Å². The van der Waals surface area contributed by atoms with Crippen LogP contribution >= 0.6 is 0 Å². The minimum absolute atomic E-state index is 0.0226. The number of carbonyl (C=O) groups excluding carboxylic acids is 1. The van der Waals surface area contributed by atoms with E-state index >= 15 is 0 Å². The highest BCUT2D eigenvalue weighted by molar-refractivity contribution is 5.90. The van der Waals surface area contributed by atoms with E-state index in [0.29, 0.717) is 13.2 Å². The van der Waals surface area contributed by atoms with Crippen LogP contribution in [0.25, 0.3) is 0 Å². The Hall–Kier alpha value is -2.49. The largest absolute Gasteiger partial charge is 0.493 e. The van der Waals surface area contributed by atoms with Gasteiger partial charge in [0.25, 0.3) is 0 Å². The molecule has 25 heavy (non-hydrogen) atoms. The summed E-state index contributed by atoms with van der Waals surface area (Å²) in [4.78, 5) is 12.1. The minimum Gasteiger partial charge on any atom is -0.493 e. The fourth-order valence-electron chi connectivity index (χ4n) is 2.59. The Kier molecular flexibility index (Phi) is 6.45.